The minimum atomic E-state index is -0.512. The molecule has 0 radical (unpaired) electrons. The van der Waals surface area contributed by atoms with Crippen LogP contribution in [0.25, 0.3) is 0 Å². The van der Waals surface area contributed by atoms with Crippen LogP contribution in [0.2, 0.25) is 0 Å². The van der Waals surface area contributed by atoms with Gasteiger partial charge in [0.2, 0.25) is 5.91 Å². The molecule has 0 saturated carbocycles. The summed E-state index contributed by atoms with van der Waals surface area (Å²) in [6.45, 7) is 6.19. The van der Waals surface area contributed by atoms with Crippen LogP contribution in [0, 0.1) is 0 Å². The standard InChI is InChI=1S/C16H25N3O3/c1-16(2,3)22-14(21)8-7-13(20)19-11-5-4-6-12(19)15-17-9-10-18-15/h9-10,12H,4-8,11H2,1-3H3,(H,17,18)/t12-/m0/s1. The van der Waals surface area contributed by atoms with Gasteiger partial charge in [-0.3, -0.25) is 9.59 Å². The van der Waals surface area contributed by atoms with Crippen molar-refractivity contribution in [1.82, 2.24) is 14.9 Å². The first-order valence-corrected chi connectivity index (χ1v) is 7.87. The highest BCUT2D eigenvalue weighted by molar-refractivity contribution is 5.81. The van der Waals surface area contributed by atoms with Gasteiger partial charge in [-0.1, -0.05) is 0 Å². The molecule has 0 aliphatic carbocycles. The van der Waals surface area contributed by atoms with E-state index in [0.29, 0.717) is 0 Å². The summed E-state index contributed by atoms with van der Waals surface area (Å²) >= 11 is 0. The van der Waals surface area contributed by atoms with Crippen LogP contribution in [-0.2, 0) is 14.3 Å². The molecule has 2 heterocycles. The maximum Gasteiger partial charge on any atom is 0.306 e. The zero-order valence-corrected chi connectivity index (χ0v) is 13.6. The highest BCUT2D eigenvalue weighted by Gasteiger charge is 2.29. The van der Waals surface area contributed by atoms with E-state index >= 15 is 0 Å². The molecule has 1 aromatic rings. The Morgan fingerprint density at radius 1 is 1.36 bits per heavy atom. The fourth-order valence-corrected chi connectivity index (χ4v) is 2.72. The van der Waals surface area contributed by atoms with Crippen molar-refractivity contribution in [2.24, 2.45) is 0 Å². The lowest BCUT2D eigenvalue weighted by Crippen LogP contribution is -2.39. The number of hydrogen-bond acceptors (Lipinski definition) is 4. The van der Waals surface area contributed by atoms with Gasteiger partial charge >= 0.3 is 5.97 Å². The van der Waals surface area contributed by atoms with Gasteiger partial charge in [0.05, 0.1) is 12.5 Å². The van der Waals surface area contributed by atoms with E-state index in [-0.39, 0.29) is 30.8 Å². The third kappa shape index (κ3) is 4.58. The lowest BCUT2D eigenvalue weighted by molar-refractivity contribution is -0.156. The summed E-state index contributed by atoms with van der Waals surface area (Å²) in [5.74, 6) is 0.490. The Morgan fingerprint density at radius 3 is 2.77 bits per heavy atom. The number of rotatable bonds is 4. The molecule has 22 heavy (non-hydrogen) atoms. The van der Waals surface area contributed by atoms with Crippen LogP contribution in [0.5, 0.6) is 0 Å². The average molecular weight is 307 g/mol. The second-order valence-corrected chi connectivity index (χ2v) is 6.66. The van der Waals surface area contributed by atoms with E-state index in [9.17, 15) is 9.59 Å². The number of nitrogens with zero attached hydrogens (tertiary/aromatic N) is 2. The van der Waals surface area contributed by atoms with E-state index in [1.165, 1.54) is 0 Å². The number of H-pyrrole nitrogens is 1. The Bertz CT molecular complexity index is 505. The molecule has 2 rings (SSSR count). The second-order valence-electron chi connectivity index (χ2n) is 6.66. The summed E-state index contributed by atoms with van der Waals surface area (Å²) in [6, 6.07) is -0.00473. The van der Waals surface area contributed by atoms with E-state index in [1.54, 1.807) is 12.4 Å². The molecule has 122 valence electrons. The van der Waals surface area contributed by atoms with E-state index in [1.807, 2.05) is 25.7 Å². The number of aromatic nitrogens is 2. The van der Waals surface area contributed by atoms with Gasteiger partial charge in [0.25, 0.3) is 0 Å². The predicted molar refractivity (Wildman–Crippen MR) is 82.0 cm³/mol. The molecule has 1 amide bonds. The molecular formula is C16H25N3O3. The van der Waals surface area contributed by atoms with Crippen molar-refractivity contribution in [1.29, 1.82) is 0 Å². The molecule has 1 N–H and O–H groups in total. The number of amides is 1. The summed E-state index contributed by atoms with van der Waals surface area (Å²) in [5, 5.41) is 0. The monoisotopic (exact) mass is 307 g/mol. The quantitative estimate of drug-likeness (QED) is 0.868. The maximum atomic E-state index is 12.5. The fourth-order valence-electron chi connectivity index (χ4n) is 2.72. The number of carbonyl (C=O) groups is 2. The van der Waals surface area contributed by atoms with E-state index in [2.05, 4.69) is 9.97 Å². The molecular weight excluding hydrogens is 282 g/mol. The van der Waals surface area contributed by atoms with Gasteiger partial charge in [-0.25, -0.2) is 4.98 Å². The largest absolute Gasteiger partial charge is 0.460 e. The van der Waals surface area contributed by atoms with E-state index < -0.39 is 5.60 Å². The molecule has 0 aromatic carbocycles. The third-order valence-corrected chi connectivity index (χ3v) is 3.62. The Kier molecular flexibility index (Phi) is 5.21. The first-order valence-electron chi connectivity index (χ1n) is 7.87. The molecule has 1 saturated heterocycles. The van der Waals surface area contributed by atoms with Crippen LogP contribution in [0.15, 0.2) is 12.4 Å². The summed E-state index contributed by atoms with van der Waals surface area (Å²) in [5.41, 5.74) is -0.512. The lowest BCUT2D eigenvalue weighted by atomic mass is 10.0. The van der Waals surface area contributed by atoms with Crippen LogP contribution < -0.4 is 0 Å². The topological polar surface area (TPSA) is 75.3 Å². The molecule has 0 bridgehead atoms. The predicted octanol–water partition coefficient (Wildman–Crippen LogP) is 2.59. The van der Waals surface area contributed by atoms with Gasteiger partial charge in [-0.05, 0) is 40.0 Å². The molecule has 1 atom stereocenters. The molecule has 6 nitrogen and oxygen atoms in total. The van der Waals surface area contributed by atoms with Crippen LogP contribution in [0.4, 0.5) is 0 Å². The second kappa shape index (κ2) is 6.94. The fraction of sp³-hybridized carbons (Fsp3) is 0.688. The Hall–Kier alpha value is -1.85. The van der Waals surface area contributed by atoms with Crippen molar-refractivity contribution in [2.45, 2.75) is 64.5 Å². The van der Waals surface area contributed by atoms with E-state index in [0.717, 1.165) is 31.6 Å². The first-order chi connectivity index (χ1) is 10.4. The third-order valence-electron chi connectivity index (χ3n) is 3.62. The van der Waals surface area contributed by atoms with Gasteiger partial charge < -0.3 is 14.6 Å². The van der Waals surface area contributed by atoms with Crippen molar-refractivity contribution < 1.29 is 14.3 Å². The van der Waals surface area contributed by atoms with Crippen LogP contribution in [0.3, 0.4) is 0 Å². The Morgan fingerprint density at radius 2 is 2.14 bits per heavy atom. The van der Waals surface area contributed by atoms with Crippen molar-refractivity contribution in [3.8, 4) is 0 Å². The van der Waals surface area contributed by atoms with E-state index in [4.69, 9.17) is 4.74 Å². The molecule has 1 fully saturated rings. The number of aromatic amines is 1. The number of esters is 1. The Labute approximate surface area is 131 Å². The average Bonchev–Trinajstić information content (AvgIpc) is 2.97. The van der Waals surface area contributed by atoms with Crippen LogP contribution >= 0.6 is 0 Å². The number of likely N-dealkylation sites (tertiary alicyclic amines) is 1. The van der Waals surface area contributed by atoms with Crippen LogP contribution in [-0.4, -0.2) is 38.9 Å². The number of piperidine rings is 1. The molecule has 0 unspecified atom stereocenters. The van der Waals surface area contributed by atoms with Crippen molar-refractivity contribution in [3.05, 3.63) is 18.2 Å². The SMILES string of the molecule is CC(C)(C)OC(=O)CCC(=O)N1CCCC[C@H]1c1ncc[nH]1. The van der Waals surface area contributed by atoms with Crippen molar-refractivity contribution >= 4 is 11.9 Å². The smallest absolute Gasteiger partial charge is 0.306 e. The van der Waals surface area contributed by atoms with Gasteiger partial charge in [-0.15, -0.1) is 0 Å². The van der Waals surface area contributed by atoms with Crippen LogP contribution in [0.1, 0.15) is 64.7 Å². The summed E-state index contributed by atoms with van der Waals surface area (Å²) in [6.07, 6.45) is 6.77. The molecule has 1 aliphatic rings. The zero-order chi connectivity index (χ0) is 16.2. The van der Waals surface area contributed by atoms with Crippen molar-refractivity contribution in [3.63, 3.8) is 0 Å². The molecule has 1 aliphatic heterocycles. The number of carbonyl (C=O) groups excluding carboxylic acids is 2. The van der Waals surface area contributed by atoms with Crippen molar-refractivity contribution in [2.75, 3.05) is 6.54 Å². The van der Waals surface area contributed by atoms with Gasteiger partial charge in [0.15, 0.2) is 0 Å². The molecule has 0 spiro atoms. The highest BCUT2D eigenvalue weighted by Crippen LogP contribution is 2.29. The minimum Gasteiger partial charge on any atom is -0.460 e. The summed E-state index contributed by atoms with van der Waals surface area (Å²) in [4.78, 5) is 33.4. The normalized spacial score (nSPS) is 19.0. The van der Waals surface area contributed by atoms with Gasteiger partial charge in [0.1, 0.15) is 11.4 Å². The number of nitrogens with one attached hydrogen (secondary N) is 1. The Balaban J connectivity index is 1.91. The highest BCUT2D eigenvalue weighted by atomic mass is 16.6. The van der Waals surface area contributed by atoms with Gasteiger partial charge in [-0.2, -0.15) is 0 Å². The maximum absolute atomic E-state index is 12.5. The molecule has 1 aromatic heterocycles. The molecule has 6 heteroatoms. The lowest BCUT2D eigenvalue weighted by Gasteiger charge is -2.34. The number of imidazole rings is 1. The minimum absolute atomic E-state index is 0.00473. The number of hydrogen-bond donors (Lipinski definition) is 1. The van der Waals surface area contributed by atoms with Gasteiger partial charge in [0, 0.05) is 25.4 Å². The zero-order valence-electron chi connectivity index (χ0n) is 13.6. The summed E-state index contributed by atoms with van der Waals surface area (Å²) < 4.78 is 5.25. The number of ether oxygens (including phenoxy) is 1. The first kappa shape index (κ1) is 16.5. The summed E-state index contributed by atoms with van der Waals surface area (Å²) in [7, 11) is 0.